The molecule has 2 aliphatic carbocycles. The molecular weight excluding hydrogens is 260 g/mol. The Labute approximate surface area is 128 Å². The zero-order valence-electron chi connectivity index (χ0n) is 13.2. The largest absolute Gasteiger partial charge is 0.474 e. The number of fused-ring (bicyclic) bond motifs is 1. The monoisotopic (exact) mass is 288 g/mol. The number of nitrogens with two attached hydrogens (primary N) is 1. The second kappa shape index (κ2) is 6.78. The van der Waals surface area contributed by atoms with Crippen molar-refractivity contribution in [1.82, 2.24) is 4.98 Å². The number of pyridine rings is 1. The Bertz CT molecular complexity index is 486. The fourth-order valence-corrected chi connectivity index (χ4v) is 3.85. The summed E-state index contributed by atoms with van der Waals surface area (Å²) >= 11 is 0. The third kappa shape index (κ3) is 3.23. The molecule has 3 heteroatoms. The highest BCUT2D eigenvalue weighted by atomic mass is 16.5. The van der Waals surface area contributed by atoms with Gasteiger partial charge in [0, 0.05) is 17.8 Å². The highest BCUT2D eigenvalue weighted by Gasteiger charge is 2.27. The Morgan fingerprint density at radius 1 is 1.19 bits per heavy atom. The summed E-state index contributed by atoms with van der Waals surface area (Å²) in [5.41, 5.74) is 9.67. The minimum atomic E-state index is 0.336. The van der Waals surface area contributed by atoms with Gasteiger partial charge in [-0.1, -0.05) is 13.3 Å². The first kappa shape index (κ1) is 14.8. The van der Waals surface area contributed by atoms with E-state index in [4.69, 9.17) is 15.5 Å². The van der Waals surface area contributed by atoms with E-state index in [0.29, 0.717) is 18.6 Å². The van der Waals surface area contributed by atoms with E-state index in [2.05, 4.69) is 13.0 Å². The summed E-state index contributed by atoms with van der Waals surface area (Å²) < 4.78 is 6.36. The molecule has 1 saturated carbocycles. The van der Waals surface area contributed by atoms with Crippen molar-refractivity contribution >= 4 is 0 Å². The smallest absolute Gasteiger partial charge is 0.218 e. The summed E-state index contributed by atoms with van der Waals surface area (Å²) in [6.45, 7) is 2.80. The maximum absolute atomic E-state index is 6.36. The summed E-state index contributed by atoms with van der Waals surface area (Å²) in [4.78, 5) is 4.84. The van der Waals surface area contributed by atoms with Crippen molar-refractivity contribution in [3.8, 4) is 5.88 Å². The van der Waals surface area contributed by atoms with E-state index in [1.165, 1.54) is 56.2 Å². The van der Waals surface area contributed by atoms with E-state index < -0.39 is 0 Å². The summed E-state index contributed by atoms with van der Waals surface area (Å²) in [5, 5.41) is 0. The van der Waals surface area contributed by atoms with Crippen molar-refractivity contribution in [2.75, 3.05) is 0 Å². The molecule has 3 rings (SSSR count). The lowest BCUT2D eigenvalue weighted by molar-refractivity contribution is 0.0845. The van der Waals surface area contributed by atoms with Crippen LogP contribution in [0, 0.1) is 5.92 Å². The fourth-order valence-electron chi connectivity index (χ4n) is 3.85. The summed E-state index contributed by atoms with van der Waals surface area (Å²) in [5.74, 6) is 1.51. The van der Waals surface area contributed by atoms with E-state index >= 15 is 0 Å². The van der Waals surface area contributed by atoms with Crippen molar-refractivity contribution in [2.24, 2.45) is 11.7 Å². The Kier molecular flexibility index (Phi) is 4.79. The molecule has 1 fully saturated rings. The van der Waals surface area contributed by atoms with E-state index in [1.807, 2.05) is 0 Å². The number of hydrogen-bond donors (Lipinski definition) is 1. The van der Waals surface area contributed by atoms with Crippen molar-refractivity contribution in [1.29, 1.82) is 0 Å². The van der Waals surface area contributed by atoms with Crippen LogP contribution in [-0.4, -0.2) is 11.1 Å². The zero-order chi connectivity index (χ0) is 14.7. The molecular formula is C18H28N2O. The minimum absolute atomic E-state index is 0.336. The minimum Gasteiger partial charge on any atom is -0.474 e. The van der Waals surface area contributed by atoms with Crippen LogP contribution in [0.15, 0.2) is 6.07 Å². The van der Waals surface area contributed by atoms with Crippen molar-refractivity contribution in [3.05, 3.63) is 22.9 Å². The molecule has 1 aromatic rings. The van der Waals surface area contributed by atoms with Crippen LogP contribution in [0.5, 0.6) is 5.88 Å². The molecule has 0 saturated heterocycles. The number of hydrogen-bond acceptors (Lipinski definition) is 3. The van der Waals surface area contributed by atoms with Crippen LogP contribution in [0.4, 0.5) is 0 Å². The molecule has 1 heterocycles. The zero-order valence-corrected chi connectivity index (χ0v) is 13.2. The van der Waals surface area contributed by atoms with Gasteiger partial charge in [-0.25, -0.2) is 4.98 Å². The summed E-state index contributed by atoms with van der Waals surface area (Å²) in [7, 11) is 0. The molecule has 0 aromatic carbocycles. The predicted molar refractivity (Wildman–Crippen MR) is 85.4 cm³/mol. The first-order valence-electron chi connectivity index (χ1n) is 8.70. The lowest BCUT2D eigenvalue weighted by Gasteiger charge is -2.31. The normalized spacial score (nSPS) is 25.4. The Morgan fingerprint density at radius 2 is 2.00 bits per heavy atom. The van der Waals surface area contributed by atoms with Crippen molar-refractivity contribution < 1.29 is 4.74 Å². The van der Waals surface area contributed by atoms with Gasteiger partial charge in [0.05, 0.1) is 0 Å². The van der Waals surface area contributed by atoms with Crippen LogP contribution in [0.25, 0.3) is 0 Å². The number of ether oxygens (including phenoxy) is 1. The summed E-state index contributed by atoms with van der Waals surface area (Å²) in [6, 6.07) is 2.25. The Morgan fingerprint density at radius 3 is 2.81 bits per heavy atom. The van der Waals surface area contributed by atoms with Crippen LogP contribution in [0.1, 0.15) is 68.7 Å². The highest BCUT2D eigenvalue weighted by molar-refractivity contribution is 5.36. The molecule has 2 N–H and O–H groups in total. The Hall–Kier alpha value is -1.09. The maximum atomic E-state index is 6.36. The fraction of sp³-hybridized carbons (Fsp3) is 0.722. The van der Waals surface area contributed by atoms with E-state index in [0.717, 1.165) is 24.3 Å². The first-order chi connectivity index (χ1) is 10.3. The second-order valence-corrected chi connectivity index (χ2v) is 6.58. The molecule has 0 amide bonds. The standard InChI is InChI=1S/C18H28N2O/c1-2-13-7-4-6-10-17(13)21-18-15(12-19)11-14-8-3-5-9-16(14)20-18/h11,13,17H,2-10,12,19H2,1H3. The molecule has 0 aliphatic heterocycles. The van der Waals surface area contributed by atoms with Gasteiger partial charge in [-0.3, -0.25) is 0 Å². The van der Waals surface area contributed by atoms with E-state index in [1.54, 1.807) is 0 Å². The van der Waals surface area contributed by atoms with E-state index in [9.17, 15) is 0 Å². The van der Waals surface area contributed by atoms with Gasteiger partial charge in [0.1, 0.15) is 6.10 Å². The van der Waals surface area contributed by atoms with Gasteiger partial charge in [0.15, 0.2) is 0 Å². The molecule has 1 aromatic heterocycles. The third-order valence-corrected chi connectivity index (χ3v) is 5.19. The average Bonchev–Trinajstić information content (AvgIpc) is 2.54. The average molecular weight is 288 g/mol. The number of rotatable bonds is 4. The topological polar surface area (TPSA) is 48.1 Å². The maximum Gasteiger partial charge on any atom is 0.218 e. The molecule has 2 unspecified atom stereocenters. The van der Waals surface area contributed by atoms with Crippen LogP contribution >= 0.6 is 0 Å². The molecule has 21 heavy (non-hydrogen) atoms. The van der Waals surface area contributed by atoms with Crippen LogP contribution < -0.4 is 10.5 Å². The SMILES string of the molecule is CCC1CCCCC1Oc1nc2c(cc1CN)CCCC2. The quantitative estimate of drug-likeness (QED) is 0.917. The molecule has 0 spiro atoms. The molecule has 2 aliphatic rings. The van der Waals surface area contributed by atoms with Crippen LogP contribution in [0.2, 0.25) is 0 Å². The van der Waals surface area contributed by atoms with Gasteiger partial charge >= 0.3 is 0 Å². The van der Waals surface area contributed by atoms with Gasteiger partial charge in [-0.05, 0) is 68.9 Å². The number of aromatic nitrogens is 1. The number of aryl methyl sites for hydroxylation is 2. The van der Waals surface area contributed by atoms with Gasteiger partial charge in [0.2, 0.25) is 5.88 Å². The van der Waals surface area contributed by atoms with Crippen LogP contribution in [-0.2, 0) is 19.4 Å². The lowest BCUT2D eigenvalue weighted by Crippen LogP contribution is -2.31. The molecule has 0 radical (unpaired) electrons. The van der Waals surface area contributed by atoms with Crippen LogP contribution in [0.3, 0.4) is 0 Å². The van der Waals surface area contributed by atoms with Gasteiger partial charge in [-0.2, -0.15) is 0 Å². The predicted octanol–water partition coefficient (Wildman–Crippen LogP) is 3.77. The highest BCUT2D eigenvalue weighted by Crippen LogP contribution is 2.32. The van der Waals surface area contributed by atoms with E-state index in [-0.39, 0.29) is 0 Å². The van der Waals surface area contributed by atoms with Gasteiger partial charge < -0.3 is 10.5 Å². The van der Waals surface area contributed by atoms with Crippen molar-refractivity contribution in [3.63, 3.8) is 0 Å². The van der Waals surface area contributed by atoms with Gasteiger partial charge in [-0.15, -0.1) is 0 Å². The van der Waals surface area contributed by atoms with Gasteiger partial charge in [0.25, 0.3) is 0 Å². The first-order valence-corrected chi connectivity index (χ1v) is 8.70. The molecule has 3 nitrogen and oxygen atoms in total. The third-order valence-electron chi connectivity index (χ3n) is 5.19. The second-order valence-electron chi connectivity index (χ2n) is 6.58. The lowest BCUT2D eigenvalue weighted by atomic mass is 9.85. The summed E-state index contributed by atoms with van der Waals surface area (Å²) in [6.07, 6.45) is 11.4. The molecule has 116 valence electrons. The van der Waals surface area contributed by atoms with Crippen molar-refractivity contribution in [2.45, 2.75) is 77.4 Å². The Balaban J connectivity index is 1.83. The molecule has 2 atom stereocenters. The number of nitrogens with zero attached hydrogens (tertiary/aromatic N) is 1. The molecule has 0 bridgehead atoms.